The van der Waals surface area contributed by atoms with Crippen molar-refractivity contribution in [3.8, 4) is 11.4 Å². The van der Waals surface area contributed by atoms with Crippen molar-refractivity contribution in [1.29, 1.82) is 0 Å². The van der Waals surface area contributed by atoms with Crippen LogP contribution in [0.15, 0.2) is 30.6 Å². The third-order valence-electron chi connectivity index (χ3n) is 2.52. The van der Waals surface area contributed by atoms with Gasteiger partial charge in [0.25, 0.3) is 0 Å². The highest BCUT2D eigenvalue weighted by Crippen LogP contribution is 2.13. The number of hydrogen-bond donors (Lipinski definition) is 1. The topological polar surface area (TPSA) is 69.0 Å². The number of nitrogens with one attached hydrogen (secondary N) is 1. The van der Waals surface area contributed by atoms with Gasteiger partial charge in [-0.3, -0.25) is 9.67 Å². The number of hydrogen-bond acceptors (Lipinski definition) is 4. The molecule has 1 N–H and O–H groups in total. The number of carbonyl (C=O) groups excluding carboxylic acids is 1. The zero-order valence-electron chi connectivity index (χ0n) is 11.0. The first-order chi connectivity index (χ1) is 9.69. The number of amides is 1. The maximum Gasteiger partial charge on any atom is 0.407 e. The van der Waals surface area contributed by atoms with Crippen molar-refractivity contribution >= 4 is 6.09 Å². The predicted molar refractivity (Wildman–Crippen MR) is 70.4 cm³/mol. The summed E-state index contributed by atoms with van der Waals surface area (Å²) in [5.74, 6) is -0.383. The molecular weight excluding hydrogens is 263 g/mol. The molecule has 6 nitrogen and oxygen atoms in total. The maximum atomic E-state index is 12.8. The fourth-order valence-electron chi connectivity index (χ4n) is 1.60. The first-order valence-electron chi connectivity index (χ1n) is 6.25. The summed E-state index contributed by atoms with van der Waals surface area (Å²) in [6, 6.07) is 4.69. The minimum atomic E-state index is -0.444. The zero-order valence-corrected chi connectivity index (χ0v) is 11.0. The SMILES string of the molecule is CCOC(=O)NCCn1ccc(-c2ccc(F)cn2)n1. The van der Waals surface area contributed by atoms with Crippen LogP contribution in [0.2, 0.25) is 0 Å². The number of rotatable bonds is 5. The molecule has 7 heteroatoms. The van der Waals surface area contributed by atoms with Crippen LogP contribution in [0.3, 0.4) is 0 Å². The minimum absolute atomic E-state index is 0.341. The second-order valence-corrected chi connectivity index (χ2v) is 3.97. The Labute approximate surface area is 115 Å². The van der Waals surface area contributed by atoms with E-state index in [-0.39, 0.29) is 5.82 Å². The van der Waals surface area contributed by atoms with Crippen LogP contribution in [0.1, 0.15) is 6.92 Å². The van der Waals surface area contributed by atoms with E-state index in [0.29, 0.717) is 31.1 Å². The van der Waals surface area contributed by atoms with E-state index in [0.717, 1.165) is 6.20 Å². The van der Waals surface area contributed by atoms with Gasteiger partial charge in [-0.25, -0.2) is 9.18 Å². The standard InChI is InChI=1S/C13H15FN4O2/c1-2-20-13(19)15-6-8-18-7-5-12(17-18)11-4-3-10(14)9-16-11/h3-5,7,9H,2,6,8H2,1H3,(H,15,19). The molecule has 0 aliphatic rings. The van der Waals surface area contributed by atoms with Gasteiger partial charge in [-0.1, -0.05) is 0 Å². The second kappa shape index (κ2) is 6.65. The average Bonchev–Trinajstić information content (AvgIpc) is 2.89. The van der Waals surface area contributed by atoms with Crippen LogP contribution >= 0.6 is 0 Å². The number of alkyl carbamates (subject to hydrolysis) is 1. The first kappa shape index (κ1) is 14.0. The highest BCUT2D eigenvalue weighted by atomic mass is 19.1. The van der Waals surface area contributed by atoms with E-state index in [1.807, 2.05) is 0 Å². The summed E-state index contributed by atoms with van der Waals surface area (Å²) in [6.07, 6.45) is 2.48. The van der Waals surface area contributed by atoms with Crippen LogP contribution in [0.5, 0.6) is 0 Å². The molecule has 0 saturated carbocycles. The fourth-order valence-corrected chi connectivity index (χ4v) is 1.60. The van der Waals surface area contributed by atoms with Crippen molar-refractivity contribution in [2.75, 3.05) is 13.2 Å². The third kappa shape index (κ3) is 3.78. The lowest BCUT2D eigenvalue weighted by molar-refractivity contribution is 0.152. The van der Waals surface area contributed by atoms with E-state index < -0.39 is 6.09 Å². The van der Waals surface area contributed by atoms with E-state index in [1.54, 1.807) is 29.9 Å². The molecular formula is C13H15FN4O2. The van der Waals surface area contributed by atoms with E-state index in [4.69, 9.17) is 4.74 Å². The summed E-state index contributed by atoms with van der Waals surface area (Å²) in [5, 5.41) is 6.89. The van der Waals surface area contributed by atoms with Gasteiger partial charge in [-0.2, -0.15) is 5.10 Å². The molecule has 0 aliphatic heterocycles. The Morgan fingerprint density at radius 2 is 2.25 bits per heavy atom. The normalized spacial score (nSPS) is 10.3. The predicted octanol–water partition coefficient (Wildman–Crippen LogP) is 1.83. The second-order valence-electron chi connectivity index (χ2n) is 3.97. The summed E-state index contributed by atoms with van der Waals surface area (Å²) < 4.78 is 19.2. The Hall–Kier alpha value is -2.44. The van der Waals surface area contributed by atoms with Crippen molar-refractivity contribution in [2.24, 2.45) is 0 Å². The average molecular weight is 278 g/mol. The van der Waals surface area contributed by atoms with E-state index in [9.17, 15) is 9.18 Å². The van der Waals surface area contributed by atoms with Crippen LogP contribution in [0.4, 0.5) is 9.18 Å². The van der Waals surface area contributed by atoms with Gasteiger partial charge < -0.3 is 10.1 Å². The molecule has 1 amide bonds. The number of pyridine rings is 1. The highest BCUT2D eigenvalue weighted by Gasteiger charge is 2.05. The molecule has 0 spiro atoms. The largest absolute Gasteiger partial charge is 0.450 e. The van der Waals surface area contributed by atoms with Crippen LogP contribution in [-0.4, -0.2) is 34.0 Å². The van der Waals surface area contributed by atoms with Gasteiger partial charge in [-0.05, 0) is 25.1 Å². The van der Waals surface area contributed by atoms with Crippen LogP contribution in [0, 0.1) is 5.82 Å². The van der Waals surface area contributed by atoms with Crippen molar-refractivity contribution in [1.82, 2.24) is 20.1 Å². The molecule has 0 unspecified atom stereocenters. The van der Waals surface area contributed by atoms with Gasteiger partial charge in [0.1, 0.15) is 11.5 Å². The summed E-state index contributed by atoms with van der Waals surface area (Å²) >= 11 is 0. The lowest BCUT2D eigenvalue weighted by atomic mass is 10.3. The molecule has 2 aromatic heterocycles. The number of carbonyl (C=O) groups is 1. The van der Waals surface area contributed by atoms with Gasteiger partial charge in [0, 0.05) is 12.7 Å². The Balaban J connectivity index is 1.89. The monoisotopic (exact) mass is 278 g/mol. The Bertz CT molecular complexity index is 568. The molecule has 2 heterocycles. The molecule has 0 aromatic carbocycles. The minimum Gasteiger partial charge on any atom is -0.450 e. The zero-order chi connectivity index (χ0) is 14.4. The Morgan fingerprint density at radius 3 is 2.95 bits per heavy atom. The molecule has 0 bridgehead atoms. The number of aromatic nitrogens is 3. The summed E-state index contributed by atoms with van der Waals surface area (Å²) in [6.45, 7) is 3.01. The van der Waals surface area contributed by atoms with Crippen molar-refractivity contribution < 1.29 is 13.9 Å². The highest BCUT2D eigenvalue weighted by molar-refractivity contribution is 5.66. The van der Waals surface area contributed by atoms with Crippen LogP contribution in [0.25, 0.3) is 11.4 Å². The van der Waals surface area contributed by atoms with Gasteiger partial charge in [-0.15, -0.1) is 0 Å². The van der Waals surface area contributed by atoms with Crippen LogP contribution < -0.4 is 5.32 Å². The van der Waals surface area contributed by atoms with Gasteiger partial charge in [0.05, 0.1) is 25.0 Å². The Morgan fingerprint density at radius 1 is 1.40 bits per heavy atom. The number of nitrogens with zero attached hydrogens (tertiary/aromatic N) is 3. The van der Waals surface area contributed by atoms with E-state index in [2.05, 4.69) is 15.4 Å². The maximum absolute atomic E-state index is 12.8. The number of ether oxygens (including phenoxy) is 1. The molecule has 0 aliphatic carbocycles. The van der Waals surface area contributed by atoms with Crippen LogP contribution in [-0.2, 0) is 11.3 Å². The molecule has 2 aromatic rings. The van der Waals surface area contributed by atoms with Gasteiger partial charge >= 0.3 is 6.09 Å². The molecule has 0 radical (unpaired) electrons. The van der Waals surface area contributed by atoms with Crippen molar-refractivity contribution in [3.63, 3.8) is 0 Å². The molecule has 0 saturated heterocycles. The van der Waals surface area contributed by atoms with Crippen molar-refractivity contribution in [3.05, 3.63) is 36.4 Å². The molecule has 0 fully saturated rings. The molecule has 106 valence electrons. The lowest BCUT2D eigenvalue weighted by Crippen LogP contribution is -2.27. The lowest BCUT2D eigenvalue weighted by Gasteiger charge is -2.05. The smallest absolute Gasteiger partial charge is 0.407 e. The first-order valence-corrected chi connectivity index (χ1v) is 6.25. The van der Waals surface area contributed by atoms with E-state index in [1.165, 1.54) is 6.07 Å². The number of halogens is 1. The van der Waals surface area contributed by atoms with E-state index >= 15 is 0 Å². The van der Waals surface area contributed by atoms with Crippen molar-refractivity contribution in [2.45, 2.75) is 13.5 Å². The molecule has 20 heavy (non-hydrogen) atoms. The van der Waals surface area contributed by atoms with Gasteiger partial charge in [0.15, 0.2) is 0 Å². The molecule has 0 atom stereocenters. The molecule has 2 rings (SSSR count). The summed E-state index contributed by atoms with van der Waals surface area (Å²) in [7, 11) is 0. The fraction of sp³-hybridized carbons (Fsp3) is 0.308. The Kier molecular flexibility index (Phi) is 4.65. The van der Waals surface area contributed by atoms with Gasteiger partial charge in [0.2, 0.25) is 0 Å². The third-order valence-corrected chi connectivity index (χ3v) is 2.52. The summed E-state index contributed by atoms with van der Waals surface area (Å²) in [5.41, 5.74) is 1.25. The quantitative estimate of drug-likeness (QED) is 0.906. The summed E-state index contributed by atoms with van der Waals surface area (Å²) in [4.78, 5) is 15.0.